The summed E-state index contributed by atoms with van der Waals surface area (Å²) in [6.45, 7) is 4.90. The number of rotatable bonds is 7. The van der Waals surface area contributed by atoms with Gasteiger partial charge in [-0.1, -0.05) is 33.1 Å². The molecule has 1 aromatic rings. The summed E-state index contributed by atoms with van der Waals surface area (Å²) in [5, 5.41) is 2.99. The Bertz CT molecular complexity index is 887. The SMILES string of the molecule is COc1ccc(S(=O)(=O)N2CCN(C(=O)[C@@H](NC(=O)C3CCCCC3)C(C)C)CC2)cc1. The molecule has 2 fully saturated rings. The second-order valence-corrected chi connectivity index (χ2v) is 10.9. The number of sulfonamides is 1. The minimum atomic E-state index is -3.64. The maximum Gasteiger partial charge on any atom is 0.245 e. The van der Waals surface area contributed by atoms with Gasteiger partial charge in [0.1, 0.15) is 11.8 Å². The fourth-order valence-electron chi connectivity index (χ4n) is 4.39. The van der Waals surface area contributed by atoms with E-state index in [1.807, 2.05) is 13.8 Å². The lowest BCUT2D eigenvalue weighted by Gasteiger charge is -2.37. The molecule has 3 rings (SSSR count). The summed E-state index contributed by atoms with van der Waals surface area (Å²) in [5.41, 5.74) is 0. The van der Waals surface area contributed by atoms with Crippen molar-refractivity contribution in [1.82, 2.24) is 14.5 Å². The van der Waals surface area contributed by atoms with Crippen LogP contribution in [0.3, 0.4) is 0 Å². The highest BCUT2D eigenvalue weighted by Crippen LogP contribution is 2.25. The van der Waals surface area contributed by atoms with Crippen molar-refractivity contribution in [3.63, 3.8) is 0 Å². The van der Waals surface area contributed by atoms with Crippen molar-refractivity contribution in [2.24, 2.45) is 11.8 Å². The van der Waals surface area contributed by atoms with Gasteiger partial charge in [0.2, 0.25) is 21.8 Å². The molecule has 1 aliphatic carbocycles. The molecular weight excluding hydrogens is 430 g/mol. The molecule has 0 spiro atoms. The van der Waals surface area contributed by atoms with Gasteiger partial charge in [-0.3, -0.25) is 9.59 Å². The summed E-state index contributed by atoms with van der Waals surface area (Å²) in [4.78, 5) is 27.8. The Labute approximate surface area is 191 Å². The van der Waals surface area contributed by atoms with Crippen LogP contribution in [0.2, 0.25) is 0 Å². The molecule has 0 radical (unpaired) electrons. The summed E-state index contributed by atoms with van der Waals surface area (Å²) in [6, 6.07) is 5.71. The number of benzene rings is 1. The summed E-state index contributed by atoms with van der Waals surface area (Å²) < 4.78 is 32.4. The van der Waals surface area contributed by atoms with Gasteiger partial charge in [0.25, 0.3) is 0 Å². The molecular formula is C23H35N3O5S. The Kier molecular flexibility index (Phi) is 8.16. The Balaban J connectivity index is 1.60. The average molecular weight is 466 g/mol. The van der Waals surface area contributed by atoms with E-state index >= 15 is 0 Å². The molecule has 2 aliphatic rings. The third-order valence-corrected chi connectivity index (χ3v) is 8.37. The first-order chi connectivity index (χ1) is 15.2. The molecule has 2 amide bonds. The van der Waals surface area contributed by atoms with E-state index in [9.17, 15) is 18.0 Å². The average Bonchev–Trinajstić information content (AvgIpc) is 2.82. The van der Waals surface area contributed by atoms with Crippen LogP contribution in [0.1, 0.15) is 46.0 Å². The first-order valence-electron chi connectivity index (χ1n) is 11.5. The zero-order valence-electron chi connectivity index (χ0n) is 19.2. The summed E-state index contributed by atoms with van der Waals surface area (Å²) in [6.07, 6.45) is 5.05. The third kappa shape index (κ3) is 5.61. The predicted molar refractivity (Wildman–Crippen MR) is 122 cm³/mol. The second-order valence-electron chi connectivity index (χ2n) is 8.97. The highest BCUT2D eigenvalue weighted by atomic mass is 32.2. The number of hydrogen-bond acceptors (Lipinski definition) is 5. The third-order valence-electron chi connectivity index (χ3n) is 6.45. The molecule has 8 nitrogen and oxygen atoms in total. The van der Waals surface area contributed by atoms with Gasteiger partial charge in [-0.25, -0.2) is 8.42 Å². The fraction of sp³-hybridized carbons (Fsp3) is 0.652. The predicted octanol–water partition coefficient (Wildman–Crippen LogP) is 2.25. The second kappa shape index (κ2) is 10.7. The lowest BCUT2D eigenvalue weighted by molar-refractivity contribution is -0.139. The highest BCUT2D eigenvalue weighted by Gasteiger charge is 2.35. The molecule has 1 aliphatic heterocycles. The maximum absolute atomic E-state index is 13.2. The van der Waals surface area contributed by atoms with Crippen molar-refractivity contribution in [2.75, 3.05) is 33.3 Å². The van der Waals surface area contributed by atoms with E-state index in [4.69, 9.17) is 4.74 Å². The molecule has 9 heteroatoms. The van der Waals surface area contributed by atoms with E-state index in [0.29, 0.717) is 18.8 Å². The quantitative estimate of drug-likeness (QED) is 0.666. The van der Waals surface area contributed by atoms with Crippen LogP contribution in [0.4, 0.5) is 0 Å². The minimum Gasteiger partial charge on any atom is -0.497 e. The fourth-order valence-corrected chi connectivity index (χ4v) is 5.81. The number of nitrogens with one attached hydrogen (secondary N) is 1. The van der Waals surface area contributed by atoms with Gasteiger partial charge in [0.05, 0.1) is 12.0 Å². The smallest absolute Gasteiger partial charge is 0.245 e. The Morgan fingerprint density at radius 1 is 1.00 bits per heavy atom. The van der Waals surface area contributed by atoms with Crippen LogP contribution >= 0.6 is 0 Å². The summed E-state index contributed by atoms with van der Waals surface area (Å²) in [7, 11) is -2.11. The Hall–Kier alpha value is -2.13. The summed E-state index contributed by atoms with van der Waals surface area (Å²) >= 11 is 0. The van der Waals surface area contributed by atoms with Crippen molar-refractivity contribution in [1.29, 1.82) is 0 Å². The van der Waals surface area contributed by atoms with Crippen LogP contribution in [0.25, 0.3) is 0 Å². The number of methoxy groups -OCH3 is 1. The molecule has 1 saturated carbocycles. The molecule has 1 N–H and O–H groups in total. The molecule has 1 atom stereocenters. The van der Waals surface area contributed by atoms with Crippen molar-refractivity contribution in [3.8, 4) is 5.75 Å². The number of nitrogens with zero attached hydrogens (tertiary/aromatic N) is 2. The van der Waals surface area contributed by atoms with E-state index in [-0.39, 0.29) is 41.6 Å². The zero-order valence-corrected chi connectivity index (χ0v) is 20.1. The monoisotopic (exact) mass is 465 g/mol. The number of carbonyl (C=O) groups excluding carboxylic acids is 2. The van der Waals surface area contributed by atoms with Crippen LogP contribution in [0, 0.1) is 11.8 Å². The first kappa shape index (κ1) is 24.5. The van der Waals surface area contributed by atoms with E-state index in [1.54, 1.807) is 17.0 Å². The van der Waals surface area contributed by atoms with Gasteiger partial charge < -0.3 is 15.0 Å². The normalized spacial score (nSPS) is 19.6. The van der Waals surface area contributed by atoms with E-state index in [2.05, 4.69) is 5.32 Å². The van der Waals surface area contributed by atoms with Gasteiger partial charge in [0, 0.05) is 32.1 Å². The van der Waals surface area contributed by atoms with E-state index in [1.165, 1.54) is 30.0 Å². The van der Waals surface area contributed by atoms with Gasteiger partial charge in [0.15, 0.2) is 0 Å². The van der Waals surface area contributed by atoms with Gasteiger partial charge >= 0.3 is 0 Å². The first-order valence-corrected chi connectivity index (χ1v) is 12.9. The number of carbonyl (C=O) groups is 2. The maximum atomic E-state index is 13.2. The zero-order chi connectivity index (χ0) is 23.3. The van der Waals surface area contributed by atoms with Crippen LogP contribution in [-0.4, -0.2) is 68.8 Å². The van der Waals surface area contributed by atoms with Crippen LogP contribution in [0.5, 0.6) is 5.75 Å². The molecule has 1 heterocycles. The standard InChI is InChI=1S/C23H35N3O5S/c1-17(2)21(24-22(27)18-7-5-4-6-8-18)23(28)25-13-15-26(16-14-25)32(29,30)20-11-9-19(31-3)10-12-20/h9-12,17-18,21H,4-8,13-16H2,1-3H3,(H,24,27)/t21-/m0/s1. The number of ether oxygens (including phenoxy) is 1. The number of hydrogen-bond donors (Lipinski definition) is 1. The van der Waals surface area contributed by atoms with Crippen LogP contribution in [0.15, 0.2) is 29.2 Å². The minimum absolute atomic E-state index is 0.00992. The van der Waals surface area contributed by atoms with E-state index in [0.717, 1.165) is 25.7 Å². The molecule has 1 aromatic carbocycles. The van der Waals surface area contributed by atoms with Gasteiger partial charge in [-0.15, -0.1) is 0 Å². The molecule has 1 saturated heterocycles. The topological polar surface area (TPSA) is 96.0 Å². The number of piperazine rings is 1. The van der Waals surface area contributed by atoms with E-state index < -0.39 is 16.1 Å². The highest BCUT2D eigenvalue weighted by molar-refractivity contribution is 7.89. The Morgan fingerprint density at radius 2 is 1.59 bits per heavy atom. The van der Waals surface area contributed by atoms with Crippen molar-refractivity contribution >= 4 is 21.8 Å². The molecule has 32 heavy (non-hydrogen) atoms. The number of amides is 2. The van der Waals surface area contributed by atoms with Crippen LogP contribution in [-0.2, 0) is 19.6 Å². The summed E-state index contributed by atoms with van der Waals surface area (Å²) in [5.74, 6) is 0.373. The lowest BCUT2D eigenvalue weighted by Crippen LogP contribution is -2.57. The molecule has 0 aromatic heterocycles. The molecule has 0 unspecified atom stereocenters. The van der Waals surface area contributed by atoms with Crippen molar-refractivity contribution < 1.29 is 22.7 Å². The van der Waals surface area contributed by atoms with Crippen molar-refractivity contribution in [3.05, 3.63) is 24.3 Å². The molecule has 0 bridgehead atoms. The Morgan fingerprint density at radius 3 is 2.12 bits per heavy atom. The largest absolute Gasteiger partial charge is 0.497 e. The lowest BCUT2D eigenvalue weighted by atomic mass is 9.88. The molecule has 178 valence electrons. The van der Waals surface area contributed by atoms with Crippen LogP contribution < -0.4 is 10.1 Å². The van der Waals surface area contributed by atoms with Crippen molar-refractivity contribution in [2.45, 2.75) is 56.9 Å². The van der Waals surface area contributed by atoms with Gasteiger partial charge in [-0.2, -0.15) is 4.31 Å². The van der Waals surface area contributed by atoms with Gasteiger partial charge in [-0.05, 0) is 43.0 Å².